The van der Waals surface area contributed by atoms with Crippen LogP contribution in [0.15, 0.2) is 75.0 Å². The molecule has 0 bridgehead atoms. The summed E-state index contributed by atoms with van der Waals surface area (Å²) >= 11 is 3.36. The molecule has 2 heterocycles. The van der Waals surface area contributed by atoms with Gasteiger partial charge in [-0.25, -0.2) is 8.42 Å². The highest BCUT2D eigenvalue weighted by Gasteiger charge is 2.35. The van der Waals surface area contributed by atoms with E-state index in [-0.39, 0.29) is 41.3 Å². The minimum atomic E-state index is -3.65. The van der Waals surface area contributed by atoms with E-state index in [1.807, 2.05) is 30.3 Å². The van der Waals surface area contributed by atoms with Gasteiger partial charge in [0.25, 0.3) is 5.56 Å². The Labute approximate surface area is 242 Å². The molecule has 1 saturated heterocycles. The highest BCUT2D eigenvalue weighted by Crippen LogP contribution is 2.39. The van der Waals surface area contributed by atoms with E-state index in [4.69, 9.17) is 4.74 Å². The van der Waals surface area contributed by atoms with Crippen molar-refractivity contribution in [2.24, 2.45) is 5.92 Å². The van der Waals surface area contributed by atoms with Crippen molar-refractivity contribution in [2.45, 2.75) is 43.4 Å². The molecule has 2 aliphatic rings. The van der Waals surface area contributed by atoms with Crippen molar-refractivity contribution >= 4 is 37.6 Å². The lowest BCUT2D eigenvalue weighted by molar-refractivity contribution is -0.149. The van der Waals surface area contributed by atoms with Crippen molar-refractivity contribution in [1.82, 2.24) is 14.1 Å². The monoisotopic (exact) mass is 628 g/mol. The van der Waals surface area contributed by atoms with Gasteiger partial charge in [-0.05, 0) is 62.4 Å². The van der Waals surface area contributed by atoms with Gasteiger partial charge in [-0.3, -0.25) is 9.59 Å². The van der Waals surface area contributed by atoms with Crippen LogP contribution in [0.2, 0.25) is 0 Å². The Morgan fingerprint density at radius 3 is 2.50 bits per heavy atom. The molecular formula is C29H33BrN4O5S. The van der Waals surface area contributed by atoms with E-state index in [9.17, 15) is 18.0 Å². The van der Waals surface area contributed by atoms with Crippen LogP contribution in [-0.4, -0.2) is 61.3 Å². The maximum Gasteiger partial charge on any atom is 0.308 e. The summed E-state index contributed by atoms with van der Waals surface area (Å²) < 4.78 is 35.5. The zero-order valence-corrected chi connectivity index (χ0v) is 24.8. The standard InChI is InChI=1S/C29H33BrN4O5S/c1-2-39-29(36)22-9-6-8-21(18-22)27-26(20-31-34(28(27)35)24-11-4-3-5-12-24)32-14-16-33(17-15-32)40(37,38)25-13-7-10-23(30)19-25/h3-5,7,10-13,19-22H,2,6,8-9,14-18H2,1H3. The maximum atomic E-state index is 14.0. The molecule has 1 aliphatic heterocycles. The molecule has 2 fully saturated rings. The molecule has 1 saturated carbocycles. The Bertz CT molecular complexity index is 1520. The highest BCUT2D eigenvalue weighted by molar-refractivity contribution is 9.10. The van der Waals surface area contributed by atoms with E-state index in [2.05, 4.69) is 25.9 Å². The van der Waals surface area contributed by atoms with E-state index in [0.717, 1.165) is 19.3 Å². The molecule has 11 heteroatoms. The van der Waals surface area contributed by atoms with E-state index in [1.165, 1.54) is 8.99 Å². The summed E-state index contributed by atoms with van der Waals surface area (Å²) in [5, 5.41) is 4.52. The fourth-order valence-electron chi connectivity index (χ4n) is 5.72. The van der Waals surface area contributed by atoms with Crippen LogP contribution in [0.4, 0.5) is 5.69 Å². The molecule has 1 aliphatic carbocycles. The molecule has 5 rings (SSSR count). The molecule has 9 nitrogen and oxygen atoms in total. The number of hydrogen-bond donors (Lipinski definition) is 0. The normalized spacial score (nSPS) is 20.3. The quantitative estimate of drug-likeness (QED) is 0.359. The summed E-state index contributed by atoms with van der Waals surface area (Å²) in [6, 6.07) is 16.0. The predicted molar refractivity (Wildman–Crippen MR) is 156 cm³/mol. The average Bonchev–Trinajstić information content (AvgIpc) is 2.97. The number of esters is 1. The summed E-state index contributed by atoms with van der Waals surface area (Å²) in [5.41, 5.74) is 1.81. The first-order valence-electron chi connectivity index (χ1n) is 13.6. The van der Waals surface area contributed by atoms with E-state index < -0.39 is 10.0 Å². The van der Waals surface area contributed by atoms with Crippen molar-refractivity contribution in [3.05, 3.63) is 81.2 Å². The second-order valence-corrected chi connectivity index (χ2v) is 13.0. The van der Waals surface area contributed by atoms with Crippen molar-refractivity contribution < 1.29 is 17.9 Å². The molecule has 0 spiro atoms. The number of para-hydroxylation sites is 1. The molecule has 2 aromatic carbocycles. The van der Waals surface area contributed by atoms with Gasteiger partial charge in [-0.2, -0.15) is 14.1 Å². The number of halogens is 1. The van der Waals surface area contributed by atoms with Crippen molar-refractivity contribution in [3.63, 3.8) is 0 Å². The lowest BCUT2D eigenvalue weighted by Crippen LogP contribution is -2.49. The Morgan fingerprint density at radius 2 is 1.80 bits per heavy atom. The lowest BCUT2D eigenvalue weighted by atomic mass is 9.78. The lowest BCUT2D eigenvalue weighted by Gasteiger charge is -2.37. The Morgan fingerprint density at radius 1 is 1.05 bits per heavy atom. The van der Waals surface area contributed by atoms with Gasteiger partial charge in [0.2, 0.25) is 10.0 Å². The SMILES string of the molecule is CCOC(=O)C1CCCC(c2c(N3CCN(S(=O)(=O)c4cccc(Br)c4)CC3)cnn(-c3ccccc3)c2=O)C1. The number of carbonyl (C=O) groups is 1. The minimum Gasteiger partial charge on any atom is -0.466 e. The number of anilines is 1. The summed E-state index contributed by atoms with van der Waals surface area (Å²) in [5.74, 6) is -0.596. The van der Waals surface area contributed by atoms with Crippen LogP contribution < -0.4 is 10.5 Å². The Kier molecular flexibility index (Phi) is 8.72. The van der Waals surface area contributed by atoms with Gasteiger partial charge in [-0.15, -0.1) is 0 Å². The fourth-order valence-corrected chi connectivity index (χ4v) is 7.74. The Hall–Kier alpha value is -3.02. The van der Waals surface area contributed by atoms with Crippen LogP contribution in [0.1, 0.15) is 44.1 Å². The molecule has 1 aromatic heterocycles. The topological polar surface area (TPSA) is 102 Å². The Balaban J connectivity index is 1.46. The fraction of sp³-hybridized carbons (Fsp3) is 0.414. The molecule has 0 N–H and O–H groups in total. The number of rotatable bonds is 7. The van der Waals surface area contributed by atoms with Crippen LogP contribution in [0.25, 0.3) is 5.69 Å². The van der Waals surface area contributed by atoms with Gasteiger partial charge >= 0.3 is 5.97 Å². The minimum absolute atomic E-state index is 0.132. The van der Waals surface area contributed by atoms with Crippen molar-refractivity contribution in [2.75, 3.05) is 37.7 Å². The molecule has 0 amide bonds. The largest absolute Gasteiger partial charge is 0.466 e. The first-order valence-corrected chi connectivity index (χ1v) is 15.9. The number of sulfonamides is 1. The van der Waals surface area contributed by atoms with Gasteiger partial charge in [0, 0.05) is 36.2 Å². The third-order valence-electron chi connectivity index (χ3n) is 7.71. The van der Waals surface area contributed by atoms with Crippen molar-refractivity contribution in [1.29, 1.82) is 0 Å². The van der Waals surface area contributed by atoms with Gasteiger partial charge < -0.3 is 9.64 Å². The molecule has 40 heavy (non-hydrogen) atoms. The summed E-state index contributed by atoms with van der Waals surface area (Å²) in [6.45, 7) is 3.54. The number of hydrogen-bond acceptors (Lipinski definition) is 7. The molecule has 0 radical (unpaired) electrons. The zero-order chi connectivity index (χ0) is 28.3. The first kappa shape index (κ1) is 28.5. The van der Waals surface area contributed by atoms with Crippen molar-refractivity contribution in [3.8, 4) is 5.69 Å². The molecular weight excluding hydrogens is 596 g/mol. The summed E-state index contributed by atoms with van der Waals surface area (Å²) in [4.78, 5) is 28.9. The second kappa shape index (κ2) is 12.2. The maximum absolute atomic E-state index is 14.0. The van der Waals surface area contributed by atoms with Crippen LogP contribution in [0.3, 0.4) is 0 Å². The van der Waals surface area contributed by atoms with Gasteiger partial charge in [0.05, 0.1) is 35.0 Å². The summed E-state index contributed by atoms with van der Waals surface area (Å²) in [7, 11) is -3.65. The van der Waals surface area contributed by atoms with E-state index >= 15 is 0 Å². The number of carbonyl (C=O) groups excluding carboxylic acids is 1. The number of nitrogens with zero attached hydrogens (tertiary/aromatic N) is 4. The van der Waals surface area contributed by atoms with Gasteiger partial charge in [-0.1, -0.05) is 46.6 Å². The second-order valence-electron chi connectivity index (χ2n) is 10.2. The van der Waals surface area contributed by atoms with E-state index in [1.54, 1.807) is 37.4 Å². The molecule has 3 aromatic rings. The van der Waals surface area contributed by atoms with Crippen LogP contribution in [0, 0.1) is 5.92 Å². The third-order valence-corrected chi connectivity index (χ3v) is 10.1. The number of benzene rings is 2. The first-order chi connectivity index (χ1) is 19.3. The predicted octanol–water partition coefficient (Wildman–Crippen LogP) is 4.34. The number of aromatic nitrogens is 2. The highest BCUT2D eigenvalue weighted by atomic mass is 79.9. The molecule has 2 atom stereocenters. The third kappa shape index (κ3) is 5.87. The van der Waals surface area contributed by atoms with Gasteiger partial charge in [0.15, 0.2) is 0 Å². The summed E-state index contributed by atoms with van der Waals surface area (Å²) in [6.07, 6.45) is 4.61. The average molecular weight is 630 g/mol. The zero-order valence-electron chi connectivity index (χ0n) is 22.4. The number of piperazine rings is 1. The molecule has 2 unspecified atom stereocenters. The number of ether oxygens (including phenoxy) is 1. The smallest absolute Gasteiger partial charge is 0.308 e. The van der Waals surface area contributed by atoms with Gasteiger partial charge in [0.1, 0.15) is 0 Å². The van der Waals surface area contributed by atoms with Crippen LogP contribution in [0.5, 0.6) is 0 Å². The van der Waals surface area contributed by atoms with Crippen LogP contribution in [-0.2, 0) is 19.6 Å². The van der Waals surface area contributed by atoms with E-state index in [0.29, 0.717) is 47.5 Å². The van der Waals surface area contributed by atoms with Crippen LogP contribution >= 0.6 is 15.9 Å². The molecule has 212 valence electrons.